The second-order valence-corrected chi connectivity index (χ2v) is 9.59. The summed E-state index contributed by atoms with van der Waals surface area (Å²) in [6.07, 6.45) is 0. The van der Waals surface area contributed by atoms with Gasteiger partial charge in [0.1, 0.15) is 4.90 Å². The third-order valence-electron chi connectivity index (χ3n) is 5.15. The van der Waals surface area contributed by atoms with Crippen molar-refractivity contribution >= 4 is 28.6 Å². The van der Waals surface area contributed by atoms with Gasteiger partial charge in [-0.15, -0.1) is 17.7 Å². The Morgan fingerprint density at radius 1 is 1.09 bits per heavy atom. The Bertz CT molecular complexity index is 1290. The average Bonchev–Trinajstić information content (AvgIpc) is 3.34. The third kappa shape index (κ3) is 3.21. The molecule has 1 atom stereocenters. The zero-order valence-electron chi connectivity index (χ0n) is 17.8. The van der Waals surface area contributed by atoms with Gasteiger partial charge in [-0.1, -0.05) is 32.0 Å². The third-order valence-corrected chi connectivity index (χ3v) is 7.54. The number of nitrogens with zero attached hydrogens (tertiary/aromatic N) is 5. The number of aromatic nitrogens is 4. The number of hydrogen-bond acceptors (Lipinski definition) is 9. The van der Waals surface area contributed by atoms with Crippen LogP contribution in [0, 0.1) is 0 Å². The molecule has 1 aliphatic rings. The van der Waals surface area contributed by atoms with E-state index in [1.165, 1.54) is 25.0 Å². The van der Waals surface area contributed by atoms with E-state index in [-0.39, 0.29) is 28.0 Å². The molecule has 0 N–H and O–H groups in total. The minimum Gasteiger partial charge on any atom is -0.493 e. The number of methoxy groups -OCH3 is 2. The number of amides is 1. The summed E-state index contributed by atoms with van der Waals surface area (Å²) in [6, 6.07) is 10.2. The van der Waals surface area contributed by atoms with Crippen LogP contribution in [0.5, 0.6) is 11.5 Å². The van der Waals surface area contributed by atoms with Crippen LogP contribution >= 0.6 is 12.6 Å². The van der Waals surface area contributed by atoms with Gasteiger partial charge in [-0.3, -0.25) is 4.79 Å². The summed E-state index contributed by atoms with van der Waals surface area (Å²) in [5, 5.41) is 10.3. The molecule has 0 spiro atoms. The first-order chi connectivity index (χ1) is 15.2. The lowest BCUT2D eigenvalue weighted by molar-refractivity contribution is 0.0857. The number of rotatable bonds is 6. The highest BCUT2D eigenvalue weighted by Crippen LogP contribution is 2.48. The van der Waals surface area contributed by atoms with Gasteiger partial charge in [0.15, 0.2) is 22.7 Å². The zero-order valence-corrected chi connectivity index (χ0v) is 19.5. The number of fused-ring (bicyclic) bond motifs is 1. The van der Waals surface area contributed by atoms with E-state index in [1.807, 2.05) is 19.9 Å². The van der Waals surface area contributed by atoms with Crippen molar-refractivity contribution < 1.29 is 22.7 Å². The van der Waals surface area contributed by atoms with E-state index in [4.69, 9.17) is 9.47 Å². The van der Waals surface area contributed by atoms with Crippen molar-refractivity contribution in [3.8, 4) is 17.2 Å². The fourth-order valence-electron chi connectivity index (χ4n) is 3.75. The predicted octanol–water partition coefficient (Wildman–Crippen LogP) is 2.58. The van der Waals surface area contributed by atoms with Crippen LogP contribution in [0.4, 0.5) is 0 Å². The van der Waals surface area contributed by atoms with Gasteiger partial charge >= 0.3 is 0 Å². The number of carbonyl (C=O) groups excluding carboxylic acids is 1. The standard InChI is InChI=1S/C20H21N5O5S2/c1-11(2)15-16-14(10-13(29-3)17(15)30-4)32(27,28)25(19(16)26)20(31)18-21-22-23-24(18)12-8-6-5-7-9-12/h5-11,20,31H,1-4H3. The maximum absolute atomic E-state index is 13.5. The van der Waals surface area contributed by atoms with E-state index in [1.54, 1.807) is 24.3 Å². The zero-order chi connectivity index (χ0) is 23.2. The number of ether oxygens (including phenoxy) is 2. The Kier molecular flexibility index (Phi) is 5.59. The Balaban J connectivity index is 1.89. The van der Waals surface area contributed by atoms with Crippen LogP contribution in [-0.2, 0) is 10.0 Å². The molecule has 12 heteroatoms. The molecular formula is C20H21N5O5S2. The van der Waals surface area contributed by atoms with Crippen LogP contribution in [0.3, 0.4) is 0 Å². The van der Waals surface area contributed by atoms with Gasteiger partial charge in [-0.2, -0.15) is 4.68 Å². The number of sulfonamides is 1. The molecule has 0 saturated heterocycles. The summed E-state index contributed by atoms with van der Waals surface area (Å²) in [7, 11) is -1.42. The Morgan fingerprint density at radius 3 is 2.38 bits per heavy atom. The number of hydrogen-bond donors (Lipinski definition) is 1. The second-order valence-electron chi connectivity index (χ2n) is 7.32. The number of carbonyl (C=O) groups is 1. The fourth-order valence-corrected chi connectivity index (χ4v) is 5.98. The van der Waals surface area contributed by atoms with Crippen LogP contribution < -0.4 is 9.47 Å². The molecule has 1 unspecified atom stereocenters. The molecule has 0 saturated carbocycles. The maximum atomic E-state index is 13.5. The Labute approximate surface area is 190 Å². The summed E-state index contributed by atoms with van der Waals surface area (Å²) in [4.78, 5) is 13.3. The van der Waals surface area contributed by atoms with Crippen molar-refractivity contribution in [1.29, 1.82) is 0 Å². The minimum absolute atomic E-state index is 0.0374. The van der Waals surface area contributed by atoms with Crippen molar-refractivity contribution in [1.82, 2.24) is 24.5 Å². The Morgan fingerprint density at radius 2 is 1.78 bits per heavy atom. The van der Waals surface area contributed by atoms with Gasteiger partial charge in [0, 0.05) is 11.6 Å². The van der Waals surface area contributed by atoms with E-state index in [0.717, 1.165) is 0 Å². The molecule has 1 aromatic heterocycles. The van der Waals surface area contributed by atoms with Gasteiger partial charge in [0.25, 0.3) is 15.9 Å². The van der Waals surface area contributed by atoms with Crippen molar-refractivity contribution in [2.24, 2.45) is 0 Å². The van der Waals surface area contributed by atoms with E-state index < -0.39 is 21.3 Å². The van der Waals surface area contributed by atoms with E-state index in [2.05, 4.69) is 28.2 Å². The van der Waals surface area contributed by atoms with Gasteiger partial charge in [0.2, 0.25) is 0 Å². The topological polar surface area (TPSA) is 117 Å². The summed E-state index contributed by atoms with van der Waals surface area (Å²) >= 11 is 4.46. The number of para-hydroxylation sites is 1. The van der Waals surface area contributed by atoms with Crippen LogP contribution in [0.2, 0.25) is 0 Å². The van der Waals surface area contributed by atoms with Gasteiger partial charge < -0.3 is 9.47 Å². The first-order valence-electron chi connectivity index (χ1n) is 9.63. The van der Waals surface area contributed by atoms with E-state index in [9.17, 15) is 13.2 Å². The van der Waals surface area contributed by atoms with Crippen molar-refractivity contribution in [3.05, 3.63) is 53.3 Å². The van der Waals surface area contributed by atoms with Crippen LogP contribution in [0.1, 0.15) is 46.9 Å². The minimum atomic E-state index is -4.27. The van der Waals surface area contributed by atoms with Gasteiger partial charge in [-0.05, 0) is 28.5 Å². The molecular weight excluding hydrogens is 454 g/mol. The summed E-state index contributed by atoms with van der Waals surface area (Å²) in [5.74, 6) is -0.336. The summed E-state index contributed by atoms with van der Waals surface area (Å²) < 4.78 is 39.9. The molecule has 0 aliphatic carbocycles. The van der Waals surface area contributed by atoms with Gasteiger partial charge in [-0.25, -0.2) is 12.7 Å². The molecule has 0 fully saturated rings. The largest absolute Gasteiger partial charge is 0.493 e. The van der Waals surface area contributed by atoms with Crippen LogP contribution in [0.25, 0.3) is 5.69 Å². The molecule has 32 heavy (non-hydrogen) atoms. The average molecular weight is 476 g/mol. The second kappa shape index (κ2) is 8.10. The lowest BCUT2D eigenvalue weighted by Crippen LogP contribution is -2.33. The number of tetrazole rings is 1. The summed E-state index contributed by atoms with van der Waals surface area (Å²) in [5.41, 5.74) is 1.08. The molecule has 10 nitrogen and oxygen atoms in total. The normalized spacial score (nSPS) is 15.7. The summed E-state index contributed by atoms with van der Waals surface area (Å²) in [6.45, 7) is 3.68. The maximum Gasteiger partial charge on any atom is 0.270 e. The van der Waals surface area contributed by atoms with E-state index in [0.29, 0.717) is 21.3 Å². The Hall–Kier alpha value is -3.12. The predicted molar refractivity (Wildman–Crippen MR) is 118 cm³/mol. The highest BCUT2D eigenvalue weighted by Gasteiger charge is 2.49. The number of benzene rings is 2. The van der Waals surface area contributed by atoms with E-state index >= 15 is 0 Å². The molecule has 1 aliphatic heterocycles. The highest BCUT2D eigenvalue weighted by atomic mass is 32.2. The van der Waals surface area contributed by atoms with Crippen molar-refractivity contribution in [2.45, 2.75) is 30.0 Å². The number of thiol groups is 1. The molecule has 4 rings (SSSR count). The molecule has 0 radical (unpaired) electrons. The highest BCUT2D eigenvalue weighted by molar-refractivity contribution is 7.91. The lowest BCUT2D eigenvalue weighted by Gasteiger charge is -2.21. The molecule has 1 amide bonds. The molecule has 2 heterocycles. The molecule has 2 aromatic carbocycles. The monoisotopic (exact) mass is 475 g/mol. The van der Waals surface area contributed by atoms with Crippen LogP contribution in [0.15, 0.2) is 41.3 Å². The van der Waals surface area contributed by atoms with Gasteiger partial charge in [0.05, 0.1) is 25.5 Å². The fraction of sp³-hybridized carbons (Fsp3) is 0.300. The smallest absolute Gasteiger partial charge is 0.270 e. The van der Waals surface area contributed by atoms with Crippen LogP contribution in [-0.4, -0.2) is 53.1 Å². The van der Waals surface area contributed by atoms with Crippen molar-refractivity contribution in [3.63, 3.8) is 0 Å². The van der Waals surface area contributed by atoms with Crippen molar-refractivity contribution in [2.75, 3.05) is 14.2 Å². The molecule has 0 bridgehead atoms. The lowest BCUT2D eigenvalue weighted by atomic mass is 9.94. The quantitative estimate of drug-likeness (QED) is 0.541. The first-order valence-corrected chi connectivity index (χ1v) is 11.6. The molecule has 3 aromatic rings. The first kappa shape index (κ1) is 22.1. The SMILES string of the molecule is COc1cc2c(c(C(C)C)c1OC)C(=O)N(C(S)c1nnnn1-c1ccccc1)S2(=O)=O. The molecule has 168 valence electrons.